The Morgan fingerprint density at radius 1 is 0.492 bits per heavy atom. The maximum atomic E-state index is 12.8. The van der Waals surface area contributed by atoms with Gasteiger partial charge in [-0.2, -0.15) is 0 Å². The molecule has 14 heteroatoms. The zero-order chi connectivity index (χ0) is 47.8. The third-order valence-electron chi connectivity index (χ3n) is 10.7. The number of hydrogen-bond donors (Lipinski definition) is 6. The number of unbranched alkanes of at least 4 members (excludes halogenated alkanes) is 13. The van der Waals surface area contributed by atoms with E-state index in [0.717, 1.165) is 109 Å². The number of ether oxygens (including phenoxy) is 2. The SMILES string of the molecule is CC/C=C\C/C=C\C/C=C\C/C=C\C/C=C\CCCCCC(=O)OC(COC(=O)CCCCCCCCC/C=C\C/C=C\CCCCC)COP(=O)(O)OC1C(O)C(O)C(O)C(O)C1O. The van der Waals surface area contributed by atoms with Crippen LogP contribution in [0.25, 0.3) is 0 Å². The van der Waals surface area contributed by atoms with Crippen molar-refractivity contribution in [1.82, 2.24) is 0 Å². The highest BCUT2D eigenvalue weighted by Crippen LogP contribution is 2.47. The molecular formula is C51H85O13P. The molecule has 1 fully saturated rings. The van der Waals surface area contributed by atoms with E-state index in [9.17, 15) is 44.6 Å². The number of hydrogen-bond acceptors (Lipinski definition) is 12. The molecule has 0 spiro atoms. The van der Waals surface area contributed by atoms with Crippen LogP contribution in [-0.2, 0) is 32.7 Å². The van der Waals surface area contributed by atoms with E-state index < -0.39 is 75.7 Å². The summed E-state index contributed by atoms with van der Waals surface area (Å²) < 4.78 is 33.6. The maximum absolute atomic E-state index is 12.8. The third-order valence-corrected chi connectivity index (χ3v) is 11.7. The number of rotatable bonds is 39. The van der Waals surface area contributed by atoms with Gasteiger partial charge in [-0.25, -0.2) is 4.57 Å². The molecule has 65 heavy (non-hydrogen) atoms. The fourth-order valence-electron chi connectivity index (χ4n) is 6.81. The zero-order valence-electron chi connectivity index (χ0n) is 39.5. The fourth-order valence-corrected chi connectivity index (χ4v) is 7.79. The van der Waals surface area contributed by atoms with E-state index in [0.29, 0.717) is 12.8 Å². The van der Waals surface area contributed by atoms with Gasteiger partial charge >= 0.3 is 19.8 Å². The van der Waals surface area contributed by atoms with E-state index in [1.165, 1.54) is 19.3 Å². The summed E-state index contributed by atoms with van der Waals surface area (Å²) in [6.45, 7) is 3.12. The van der Waals surface area contributed by atoms with Gasteiger partial charge in [-0.15, -0.1) is 0 Å². The second-order valence-electron chi connectivity index (χ2n) is 16.6. The Balaban J connectivity index is 2.47. The predicted molar refractivity (Wildman–Crippen MR) is 258 cm³/mol. The van der Waals surface area contributed by atoms with Gasteiger partial charge in [0.2, 0.25) is 0 Å². The van der Waals surface area contributed by atoms with Gasteiger partial charge < -0.3 is 39.9 Å². The lowest BCUT2D eigenvalue weighted by atomic mass is 9.85. The monoisotopic (exact) mass is 937 g/mol. The lowest BCUT2D eigenvalue weighted by Crippen LogP contribution is -2.64. The van der Waals surface area contributed by atoms with E-state index >= 15 is 0 Å². The van der Waals surface area contributed by atoms with Gasteiger partial charge in [0.05, 0.1) is 6.61 Å². The summed E-state index contributed by atoms with van der Waals surface area (Å²) in [6.07, 6.45) is 39.1. The van der Waals surface area contributed by atoms with E-state index in [1.54, 1.807) is 0 Å². The van der Waals surface area contributed by atoms with Crippen molar-refractivity contribution >= 4 is 19.8 Å². The summed E-state index contributed by atoms with van der Waals surface area (Å²) in [6, 6.07) is 0. The summed E-state index contributed by atoms with van der Waals surface area (Å²) in [5, 5.41) is 50.2. The Morgan fingerprint density at radius 2 is 0.877 bits per heavy atom. The molecule has 1 saturated carbocycles. The molecule has 0 radical (unpaired) electrons. The molecule has 1 rings (SSSR count). The molecule has 0 heterocycles. The maximum Gasteiger partial charge on any atom is 0.472 e. The van der Waals surface area contributed by atoms with E-state index in [2.05, 4.69) is 98.9 Å². The van der Waals surface area contributed by atoms with Crippen LogP contribution in [0.4, 0.5) is 0 Å². The van der Waals surface area contributed by atoms with Crippen LogP contribution in [0.15, 0.2) is 85.1 Å². The molecule has 0 aromatic rings. The summed E-state index contributed by atoms with van der Waals surface area (Å²) in [7, 11) is -5.14. The molecule has 6 atom stereocenters. The Kier molecular flexibility index (Phi) is 37.1. The number of aliphatic hydroxyl groups is 5. The smallest absolute Gasteiger partial charge is 0.462 e. The van der Waals surface area contributed by atoms with Crippen molar-refractivity contribution in [2.24, 2.45) is 0 Å². The summed E-state index contributed by atoms with van der Waals surface area (Å²) in [5.41, 5.74) is 0. The first-order valence-corrected chi connectivity index (χ1v) is 25.9. The van der Waals surface area contributed by atoms with Gasteiger partial charge in [-0.1, -0.05) is 150 Å². The van der Waals surface area contributed by atoms with Crippen molar-refractivity contribution in [2.75, 3.05) is 13.2 Å². The first kappa shape index (κ1) is 60.0. The van der Waals surface area contributed by atoms with Crippen LogP contribution in [0.2, 0.25) is 0 Å². The summed E-state index contributed by atoms with van der Waals surface area (Å²) in [4.78, 5) is 35.8. The number of phosphoric ester groups is 1. The minimum Gasteiger partial charge on any atom is -0.462 e. The minimum atomic E-state index is -5.14. The molecule has 1 aliphatic rings. The first-order valence-electron chi connectivity index (χ1n) is 24.4. The number of carbonyl (C=O) groups excluding carboxylic acids is 2. The standard InChI is InChI=1S/C51H85O13P/c1-3-5-7-9-11-13-15-17-19-21-22-24-26-28-30-32-34-36-38-40-45(53)63-43(42-62-65(59,60)64-51-49(57)47(55)46(54)48(56)50(51)58)41-61-44(52)39-37-35-33-31-29-27-25-23-20-18-16-14-12-10-8-6-4-2/h5,7,11-14,17-20,22,24,28,30,43,46-51,54-58H,3-4,6,8-10,15-16,21,23,25-27,29,31-42H2,1-2H3,(H,59,60)/b7-5-,13-11-,14-12-,19-17-,20-18-,24-22-,30-28-. The molecular weight excluding hydrogens is 852 g/mol. The predicted octanol–water partition coefficient (Wildman–Crippen LogP) is 10.1. The van der Waals surface area contributed by atoms with Crippen LogP contribution in [0.1, 0.15) is 168 Å². The zero-order valence-corrected chi connectivity index (χ0v) is 40.4. The number of esters is 2. The van der Waals surface area contributed by atoms with Crippen molar-refractivity contribution in [1.29, 1.82) is 0 Å². The van der Waals surface area contributed by atoms with Crippen LogP contribution in [0.5, 0.6) is 0 Å². The Labute approximate surface area is 390 Å². The van der Waals surface area contributed by atoms with Crippen molar-refractivity contribution in [3.05, 3.63) is 85.1 Å². The van der Waals surface area contributed by atoms with Crippen molar-refractivity contribution in [3.63, 3.8) is 0 Å². The van der Waals surface area contributed by atoms with E-state index in [-0.39, 0.29) is 12.8 Å². The number of allylic oxidation sites excluding steroid dienone is 14. The van der Waals surface area contributed by atoms with Gasteiger partial charge in [-0.3, -0.25) is 18.6 Å². The highest BCUT2D eigenvalue weighted by molar-refractivity contribution is 7.47. The van der Waals surface area contributed by atoms with Crippen molar-refractivity contribution < 1.29 is 63.1 Å². The largest absolute Gasteiger partial charge is 0.472 e. The molecule has 0 aromatic heterocycles. The first-order chi connectivity index (χ1) is 31.4. The van der Waals surface area contributed by atoms with E-state index in [4.69, 9.17) is 18.5 Å². The van der Waals surface area contributed by atoms with E-state index in [1.807, 2.05) is 0 Å². The number of carbonyl (C=O) groups is 2. The van der Waals surface area contributed by atoms with Crippen molar-refractivity contribution in [2.45, 2.75) is 211 Å². The minimum absolute atomic E-state index is 0.0511. The molecule has 0 aliphatic heterocycles. The van der Waals surface area contributed by atoms with Gasteiger partial charge in [0.1, 0.15) is 43.2 Å². The molecule has 0 aromatic carbocycles. The van der Waals surface area contributed by atoms with Crippen LogP contribution < -0.4 is 0 Å². The number of aliphatic hydroxyl groups excluding tert-OH is 5. The normalized spacial score (nSPS) is 22.2. The van der Waals surface area contributed by atoms with Gasteiger partial charge in [0, 0.05) is 12.8 Å². The topological polar surface area (TPSA) is 210 Å². The third kappa shape index (κ3) is 32.4. The molecule has 0 bridgehead atoms. The van der Waals surface area contributed by atoms with Crippen LogP contribution in [0, 0.1) is 0 Å². The lowest BCUT2D eigenvalue weighted by Gasteiger charge is -2.41. The summed E-state index contributed by atoms with van der Waals surface area (Å²) in [5.74, 6) is -1.15. The Morgan fingerprint density at radius 3 is 1.35 bits per heavy atom. The molecule has 1 aliphatic carbocycles. The quantitative estimate of drug-likeness (QED) is 0.0147. The van der Waals surface area contributed by atoms with Gasteiger partial charge in [-0.05, 0) is 89.9 Å². The Hall–Kier alpha value is -2.97. The second kappa shape index (κ2) is 40.1. The highest BCUT2D eigenvalue weighted by Gasteiger charge is 2.51. The second-order valence-corrected chi connectivity index (χ2v) is 18.0. The number of phosphoric acid groups is 1. The summed E-state index contributed by atoms with van der Waals surface area (Å²) >= 11 is 0. The average molecular weight is 937 g/mol. The van der Waals surface area contributed by atoms with Crippen LogP contribution >= 0.6 is 7.82 Å². The van der Waals surface area contributed by atoms with Crippen LogP contribution in [-0.4, -0.2) is 98.3 Å². The molecule has 13 nitrogen and oxygen atoms in total. The highest BCUT2D eigenvalue weighted by atomic mass is 31.2. The molecule has 6 unspecified atom stereocenters. The Bertz CT molecular complexity index is 1460. The lowest BCUT2D eigenvalue weighted by molar-refractivity contribution is -0.220. The van der Waals surface area contributed by atoms with Crippen LogP contribution in [0.3, 0.4) is 0 Å². The average Bonchev–Trinajstić information content (AvgIpc) is 3.29. The molecule has 372 valence electrons. The molecule has 0 saturated heterocycles. The molecule has 6 N–H and O–H groups in total. The van der Waals surface area contributed by atoms with Gasteiger partial charge in [0.25, 0.3) is 0 Å². The fraction of sp³-hybridized carbons (Fsp3) is 0.686. The van der Waals surface area contributed by atoms with Crippen molar-refractivity contribution in [3.8, 4) is 0 Å². The molecule has 0 amide bonds. The van der Waals surface area contributed by atoms with Gasteiger partial charge in [0.15, 0.2) is 6.10 Å².